The lowest BCUT2D eigenvalue weighted by atomic mass is 10.0. The maximum Gasteiger partial charge on any atom is 0.0540 e. The molecule has 0 bridgehead atoms. The number of anilines is 6. The molecule has 0 saturated heterocycles. The lowest BCUT2D eigenvalue weighted by Gasteiger charge is -2.29. The number of benzene rings is 7. The van der Waals surface area contributed by atoms with Crippen molar-refractivity contribution in [2.24, 2.45) is 0 Å². The molecule has 0 aliphatic rings. The zero-order chi connectivity index (χ0) is 29.9. The van der Waals surface area contributed by atoms with Gasteiger partial charge in [-0.25, -0.2) is 0 Å². The van der Waals surface area contributed by atoms with Crippen LogP contribution in [0.15, 0.2) is 171 Å². The summed E-state index contributed by atoms with van der Waals surface area (Å²) in [7, 11) is 0. The van der Waals surface area contributed by atoms with E-state index in [0.29, 0.717) is 0 Å². The summed E-state index contributed by atoms with van der Waals surface area (Å²) in [4.78, 5) is 4.67. The van der Waals surface area contributed by atoms with Crippen LogP contribution >= 0.6 is 0 Å². The molecule has 0 saturated carbocycles. The van der Waals surface area contributed by atoms with Crippen molar-refractivity contribution in [3.05, 3.63) is 182 Å². The lowest BCUT2D eigenvalue weighted by Crippen LogP contribution is -2.12. The van der Waals surface area contributed by atoms with Crippen LogP contribution in [0.25, 0.3) is 33.7 Å². The van der Waals surface area contributed by atoms with Crippen molar-refractivity contribution < 1.29 is 0 Å². The van der Waals surface area contributed by atoms with Crippen molar-refractivity contribution >= 4 is 67.8 Å². The molecule has 0 unspecified atom stereocenters. The first-order valence-corrected chi connectivity index (χ1v) is 14.8. The fourth-order valence-corrected chi connectivity index (χ4v) is 5.93. The van der Waals surface area contributed by atoms with E-state index in [1.807, 2.05) is 12.2 Å². The highest BCUT2D eigenvalue weighted by atomic mass is 15.2. The first-order valence-electron chi connectivity index (χ1n) is 14.8. The van der Waals surface area contributed by atoms with Crippen LogP contribution in [0.2, 0.25) is 0 Å². The van der Waals surface area contributed by atoms with Gasteiger partial charge in [-0.1, -0.05) is 122 Å². The topological polar surface area (TPSA) is 6.48 Å². The summed E-state index contributed by atoms with van der Waals surface area (Å²) in [6, 6.07) is 56.1. The summed E-state index contributed by atoms with van der Waals surface area (Å²) in [5.41, 5.74) is 8.79. The van der Waals surface area contributed by atoms with Gasteiger partial charge >= 0.3 is 0 Å². The molecule has 0 N–H and O–H groups in total. The third kappa shape index (κ3) is 5.04. The number of hydrogen-bond acceptors (Lipinski definition) is 2. The van der Waals surface area contributed by atoms with Gasteiger partial charge in [0, 0.05) is 33.5 Å². The molecule has 2 nitrogen and oxygen atoms in total. The average molecular weight is 565 g/mol. The van der Waals surface area contributed by atoms with Gasteiger partial charge in [-0.05, 0) is 82.6 Å². The highest BCUT2D eigenvalue weighted by molar-refractivity contribution is 6.00. The third-order valence-corrected chi connectivity index (χ3v) is 8.16. The van der Waals surface area contributed by atoms with Gasteiger partial charge in [0.1, 0.15) is 0 Å². The predicted octanol–water partition coefficient (Wildman–Crippen LogP) is 12.2. The van der Waals surface area contributed by atoms with E-state index < -0.39 is 0 Å². The maximum atomic E-state index is 3.94. The Morgan fingerprint density at radius 2 is 0.659 bits per heavy atom. The van der Waals surface area contributed by atoms with Crippen LogP contribution in [0.5, 0.6) is 0 Å². The minimum absolute atomic E-state index is 1.08. The number of hydrogen-bond donors (Lipinski definition) is 0. The van der Waals surface area contributed by atoms with Gasteiger partial charge in [-0.15, -0.1) is 0 Å². The second-order valence-corrected chi connectivity index (χ2v) is 10.8. The molecule has 0 heterocycles. The monoisotopic (exact) mass is 564 g/mol. The summed E-state index contributed by atoms with van der Waals surface area (Å²) in [5.74, 6) is 0. The molecule has 210 valence electrons. The zero-order valence-corrected chi connectivity index (χ0v) is 24.5. The van der Waals surface area contributed by atoms with E-state index in [1.54, 1.807) is 0 Å². The molecule has 0 amide bonds. The summed E-state index contributed by atoms with van der Waals surface area (Å²) < 4.78 is 0. The van der Waals surface area contributed by atoms with E-state index in [-0.39, 0.29) is 0 Å². The van der Waals surface area contributed by atoms with Gasteiger partial charge in [0.05, 0.1) is 11.4 Å². The van der Waals surface area contributed by atoms with Crippen LogP contribution in [-0.2, 0) is 0 Å². The van der Waals surface area contributed by atoms with E-state index in [1.165, 1.54) is 21.5 Å². The maximum absolute atomic E-state index is 3.94. The molecule has 44 heavy (non-hydrogen) atoms. The quantitative estimate of drug-likeness (QED) is 0.181. The van der Waals surface area contributed by atoms with Gasteiger partial charge in [0.2, 0.25) is 0 Å². The third-order valence-electron chi connectivity index (χ3n) is 8.16. The molecule has 0 aromatic heterocycles. The molecule has 0 fully saturated rings. The minimum atomic E-state index is 1.08. The van der Waals surface area contributed by atoms with Crippen molar-refractivity contribution in [2.45, 2.75) is 0 Å². The first kappa shape index (κ1) is 27.0. The molecule has 0 atom stereocenters. The van der Waals surface area contributed by atoms with E-state index >= 15 is 0 Å². The molecule has 0 radical (unpaired) electrons. The average Bonchev–Trinajstić information content (AvgIpc) is 3.10. The standard InChI is InChI=1S/C42H32N2/c1-3-31-19-23-35(24-20-31)43(41-17-9-13-33-11-5-7-15-39(33)41)37-27-29-38(30-28-37)44(36-25-21-32(4-2)22-26-36)42-18-10-14-34-12-6-8-16-40(34)42/h3-30H,1-2H2. The molecule has 7 aromatic carbocycles. The largest absolute Gasteiger partial charge is 0.310 e. The summed E-state index contributed by atoms with van der Waals surface area (Å²) in [6.07, 6.45) is 3.76. The molecular formula is C42H32N2. The fraction of sp³-hybridized carbons (Fsp3) is 0. The van der Waals surface area contributed by atoms with Gasteiger partial charge < -0.3 is 9.80 Å². The van der Waals surface area contributed by atoms with Gasteiger partial charge in [-0.2, -0.15) is 0 Å². The van der Waals surface area contributed by atoms with Crippen molar-refractivity contribution in [3.8, 4) is 0 Å². The number of fused-ring (bicyclic) bond motifs is 2. The van der Waals surface area contributed by atoms with Crippen LogP contribution < -0.4 is 9.80 Å². The predicted molar refractivity (Wildman–Crippen MR) is 191 cm³/mol. The van der Waals surface area contributed by atoms with Crippen LogP contribution in [0.3, 0.4) is 0 Å². The Labute approximate surface area is 259 Å². The first-order chi connectivity index (χ1) is 21.7. The summed E-state index contributed by atoms with van der Waals surface area (Å²) in [5, 5.41) is 4.82. The fourth-order valence-electron chi connectivity index (χ4n) is 5.93. The lowest BCUT2D eigenvalue weighted by molar-refractivity contribution is 1.27. The molecule has 7 aromatic rings. The highest BCUT2D eigenvalue weighted by Crippen LogP contribution is 2.42. The summed E-state index contributed by atoms with van der Waals surface area (Å²) >= 11 is 0. The molecule has 7 rings (SSSR count). The molecule has 0 aliphatic heterocycles. The SMILES string of the molecule is C=Cc1ccc(N(c2ccc(N(c3ccc(C=C)cc3)c3cccc4ccccc34)cc2)c2cccc3ccccc23)cc1. The van der Waals surface area contributed by atoms with E-state index in [4.69, 9.17) is 0 Å². The molecular weight excluding hydrogens is 532 g/mol. The smallest absolute Gasteiger partial charge is 0.0540 e. The molecule has 0 aliphatic carbocycles. The Hall–Kier alpha value is -5.86. The van der Waals surface area contributed by atoms with Crippen molar-refractivity contribution in [1.29, 1.82) is 0 Å². The van der Waals surface area contributed by atoms with Crippen LogP contribution in [0.4, 0.5) is 34.1 Å². The zero-order valence-electron chi connectivity index (χ0n) is 24.5. The van der Waals surface area contributed by atoms with Crippen molar-refractivity contribution in [3.63, 3.8) is 0 Å². The Morgan fingerprint density at radius 3 is 1.02 bits per heavy atom. The Kier molecular flexibility index (Phi) is 7.24. The Balaban J connectivity index is 1.38. The molecule has 0 spiro atoms. The van der Waals surface area contributed by atoms with E-state index in [0.717, 1.165) is 45.3 Å². The Bertz CT molecular complexity index is 1920. The highest BCUT2D eigenvalue weighted by Gasteiger charge is 2.18. The second kappa shape index (κ2) is 11.8. The van der Waals surface area contributed by atoms with Gasteiger partial charge in [0.15, 0.2) is 0 Å². The van der Waals surface area contributed by atoms with Gasteiger partial charge in [-0.3, -0.25) is 0 Å². The van der Waals surface area contributed by atoms with Crippen LogP contribution in [0.1, 0.15) is 11.1 Å². The normalized spacial score (nSPS) is 10.9. The van der Waals surface area contributed by atoms with Crippen molar-refractivity contribution in [2.75, 3.05) is 9.80 Å². The van der Waals surface area contributed by atoms with Gasteiger partial charge in [0.25, 0.3) is 0 Å². The second-order valence-electron chi connectivity index (χ2n) is 10.8. The Morgan fingerprint density at radius 1 is 0.341 bits per heavy atom. The van der Waals surface area contributed by atoms with E-state index in [2.05, 4.69) is 181 Å². The minimum Gasteiger partial charge on any atom is -0.310 e. The summed E-state index contributed by atoms with van der Waals surface area (Å²) in [6.45, 7) is 7.89. The van der Waals surface area contributed by atoms with Crippen LogP contribution in [-0.4, -0.2) is 0 Å². The van der Waals surface area contributed by atoms with Crippen LogP contribution in [0, 0.1) is 0 Å². The number of nitrogens with zero attached hydrogens (tertiary/aromatic N) is 2. The molecule has 2 heteroatoms. The number of rotatable bonds is 8. The van der Waals surface area contributed by atoms with Crippen molar-refractivity contribution in [1.82, 2.24) is 0 Å². The van der Waals surface area contributed by atoms with E-state index in [9.17, 15) is 0 Å².